The van der Waals surface area contributed by atoms with Crippen LogP contribution >= 0.6 is 15.6 Å². The Hall–Kier alpha value is -2.98. The average molecular weight is 1290 g/mol. The van der Waals surface area contributed by atoms with Gasteiger partial charge < -0.3 is 33.8 Å². The molecule has 0 spiro atoms. The van der Waals surface area contributed by atoms with Gasteiger partial charge in [0, 0.05) is 25.7 Å². The summed E-state index contributed by atoms with van der Waals surface area (Å²) in [5, 5.41) is 10.6. The fourth-order valence-corrected chi connectivity index (χ4v) is 11.0. The number of aliphatic hydroxyl groups excluding tert-OH is 1. The number of unbranched alkanes of at least 4 members (excludes halogenated alkanes) is 31. The molecule has 0 bridgehead atoms. The fourth-order valence-electron chi connectivity index (χ4n) is 9.39. The molecule has 0 amide bonds. The van der Waals surface area contributed by atoms with Gasteiger partial charge in [0.25, 0.3) is 0 Å². The van der Waals surface area contributed by atoms with Gasteiger partial charge in [-0.25, -0.2) is 9.13 Å². The molecular formula is C69H126O17P2. The van der Waals surface area contributed by atoms with Crippen molar-refractivity contribution < 1.29 is 80.2 Å². The Labute approximate surface area is 534 Å². The Morgan fingerprint density at radius 3 is 0.932 bits per heavy atom. The molecule has 0 saturated heterocycles. The summed E-state index contributed by atoms with van der Waals surface area (Å²) in [5.74, 6) is -1.50. The number of hydrogen-bond acceptors (Lipinski definition) is 15. The van der Waals surface area contributed by atoms with Crippen molar-refractivity contribution in [3.63, 3.8) is 0 Å². The van der Waals surface area contributed by atoms with E-state index in [1.54, 1.807) is 0 Å². The maximum Gasteiger partial charge on any atom is 0.472 e. The molecule has 0 heterocycles. The van der Waals surface area contributed by atoms with Crippen molar-refractivity contribution in [2.24, 2.45) is 5.92 Å². The lowest BCUT2D eigenvalue weighted by molar-refractivity contribution is -0.161. The molecule has 0 radical (unpaired) electrons. The minimum atomic E-state index is -4.97. The van der Waals surface area contributed by atoms with Crippen LogP contribution in [0.15, 0.2) is 48.6 Å². The number of rotatable bonds is 65. The summed E-state index contributed by atoms with van der Waals surface area (Å²) in [4.78, 5) is 72.3. The number of carbonyl (C=O) groups is 4. The molecule has 0 saturated carbocycles. The van der Waals surface area contributed by atoms with Crippen LogP contribution in [0.3, 0.4) is 0 Å². The number of carbonyl (C=O) groups excluding carboxylic acids is 4. The first-order valence-electron chi connectivity index (χ1n) is 34.8. The Morgan fingerprint density at radius 2 is 0.614 bits per heavy atom. The highest BCUT2D eigenvalue weighted by atomic mass is 31.2. The Bertz CT molecular complexity index is 1890. The molecule has 0 aliphatic rings. The largest absolute Gasteiger partial charge is 0.472 e. The number of esters is 4. The highest BCUT2D eigenvalue weighted by molar-refractivity contribution is 7.47. The number of hydrogen-bond donors (Lipinski definition) is 3. The third-order valence-corrected chi connectivity index (χ3v) is 16.7. The minimum Gasteiger partial charge on any atom is -0.462 e. The van der Waals surface area contributed by atoms with Crippen molar-refractivity contribution in [3.8, 4) is 0 Å². The van der Waals surface area contributed by atoms with Crippen LogP contribution < -0.4 is 0 Å². The zero-order chi connectivity index (χ0) is 64.9. The van der Waals surface area contributed by atoms with Crippen LogP contribution in [0.4, 0.5) is 0 Å². The maximum atomic E-state index is 13.0. The molecule has 17 nitrogen and oxygen atoms in total. The van der Waals surface area contributed by atoms with E-state index in [9.17, 15) is 43.2 Å². The van der Waals surface area contributed by atoms with Crippen molar-refractivity contribution in [1.29, 1.82) is 0 Å². The van der Waals surface area contributed by atoms with Gasteiger partial charge >= 0.3 is 39.5 Å². The van der Waals surface area contributed by atoms with Crippen LogP contribution in [0.2, 0.25) is 0 Å². The average Bonchev–Trinajstić information content (AvgIpc) is 3.52. The molecule has 514 valence electrons. The van der Waals surface area contributed by atoms with Gasteiger partial charge in [-0.05, 0) is 83.0 Å². The summed E-state index contributed by atoms with van der Waals surface area (Å²) in [6, 6.07) is 0. The molecule has 0 aromatic heterocycles. The summed E-state index contributed by atoms with van der Waals surface area (Å²) in [6.45, 7) is 7.00. The molecule has 0 fully saturated rings. The normalized spacial score (nSPS) is 14.5. The zero-order valence-electron chi connectivity index (χ0n) is 55.8. The molecule has 5 atom stereocenters. The predicted octanol–water partition coefficient (Wildman–Crippen LogP) is 18.8. The van der Waals surface area contributed by atoms with Crippen LogP contribution in [0.1, 0.15) is 304 Å². The van der Waals surface area contributed by atoms with E-state index in [0.29, 0.717) is 31.6 Å². The molecular weight excluding hydrogens is 1160 g/mol. The highest BCUT2D eigenvalue weighted by Gasteiger charge is 2.30. The van der Waals surface area contributed by atoms with Crippen LogP contribution in [0.25, 0.3) is 0 Å². The van der Waals surface area contributed by atoms with Crippen molar-refractivity contribution >= 4 is 39.5 Å². The standard InChI is InChI=1S/C69H126O17P2/c1-6-9-12-15-18-21-23-25-27-29-31-33-38-43-48-53-67(72)80-59-64(85-68(73)54-49-44-39-34-32-30-28-26-24-22-19-16-13-10-7-2)60-83-87(75,76)81-56-63(70)57-82-88(77,78)84-61-65(58-79-66(71)52-47-42-37-20-17-14-11-8-3)86-69(74)55-50-45-40-35-36-41-46-51-62(4)5/h21-28,62-65,70H,6-20,29-61H2,1-5H3,(H,75,76)(H,77,78)/b23-21-,24-22-,27-25-,28-26-/t63-,64-,65-/m1/s1. The number of aliphatic hydroxyl groups is 1. The van der Waals surface area contributed by atoms with Gasteiger partial charge in [-0.1, -0.05) is 250 Å². The highest BCUT2D eigenvalue weighted by Crippen LogP contribution is 2.45. The summed E-state index contributed by atoms with van der Waals surface area (Å²) in [7, 11) is -9.92. The number of allylic oxidation sites excluding steroid dienone is 8. The van der Waals surface area contributed by atoms with Crippen LogP contribution in [0, 0.1) is 5.92 Å². The van der Waals surface area contributed by atoms with E-state index >= 15 is 0 Å². The van der Waals surface area contributed by atoms with Crippen molar-refractivity contribution in [2.45, 2.75) is 323 Å². The molecule has 3 N–H and O–H groups in total. The SMILES string of the molecule is CCCCCC/C=C\C=C/CCCCCCCC(=O)OC[C@H](COP(=O)(O)OC[C@@H](O)COP(=O)(O)OC[C@@H](COC(=O)CCCCCCCCCC)OC(=O)CCCCCCCCCC(C)C)OC(=O)CCCCCCC/C=C\C=C/CCCCCC. The first kappa shape index (κ1) is 85.0. The monoisotopic (exact) mass is 1290 g/mol. The van der Waals surface area contributed by atoms with Gasteiger partial charge in [0.1, 0.15) is 19.3 Å². The third kappa shape index (κ3) is 61.9. The van der Waals surface area contributed by atoms with Gasteiger partial charge in [0.2, 0.25) is 0 Å². The van der Waals surface area contributed by atoms with Gasteiger partial charge in [0.05, 0.1) is 26.4 Å². The number of phosphoric ester groups is 2. The summed E-state index contributed by atoms with van der Waals surface area (Å²) < 4.78 is 68.0. The van der Waals surface area contributed by atoms with E-state index in [1.807, 2.05) is 0 Å². The lowest BCUT2D eigenvalue weighted by Gasteiger charge is -2.21. The van der Waals surface area contributed by atoms with Gasteiger partial charge in [-0.2, -0.15) is 0 Å². The topological polar surface area (TPSA) is 237 Å². The first-order valence-corrected chi connectivity index (χ1v) is 37.8. The molecule has 2 unspecified atom stereocenters. The molecule has 0 aliphatic heterocycles. The quantitative estimate of drug-likeness (QED) is 0.0169. The fraction of sp³-hybridized carbons (Fsp3) is 0.826. The lowest BCUT2D eigenvalue weighted by atomic mass is 10.0. The second kappa shape index (κ2) is 61.5. The first-order chi connectivity index (χ1) is 42.5. The van der Waals surface area contributed by atoms with Crippen molar-refractivity contribution in [2.75, 3.05) is 39.6 Å². The maximum absolute atomic E-state index is 13.0. The number of phosphoric acid groups is 2. The second-order valence-electron chi connectivity index (χ2n) is 24.0. The lowest BCUT2D eigenvalue weighted by Crippen LogP contribution is -2.30. The Balaban J connectivity index is 5.30. The summed E-state index contributed by atoms with van der Waals surface area (Å²) in [6.07, 6.45) is 53.1. The van der Waals surface area contributed by atoms with E-state index in [4.69, 9.17) is 37.0 Å². The van der Waals surface area contributed by atoms with E-state index in [2.05, 4.69) is 83.2 Å². The van der Waals surface area contributed by atoms with E-state index in [0.717, 1.165) is 128 Å². The van der Waals surface area contributed by atoms with E-state index < -0.39 is 97.5 Å². The smallest absolute Gasteiger partial charge is 0.462 e. The number of ether oxygens (including phenoxy) is 4. The molecule has 0 rings (SSSR count). The van der Waals surface area contributed by atoms with Gasteiger partial charge in [-0.3, -0.25) is 37.3 Å². The minimum absolute atomic E-state index is 0.0780. The predicted molar refractivity (Wildman–Crippen MR) is 353 cm³/mol. The van der Waals surface area contributed by atoms with E-state index in [-0.39, 0.29) is 25.7 Å². The second-order valence-corrected chi connectivity index (χ2v) is 26.9. The van der Waals surface area contributed by atoms with Crippen molar-refractivity contribution in [1.82, 2.24) is 0 Å². The van der Waals surface area contributed by atoms with Crippen molar-refractivity contribution in [3.05, 3.63) is 48.6 Å². The zero-order valence-corrected chi connectivity index (χ0v) is 57.6. The third-order valence-electron chi connectivity index (χ3n) is 14.8. The van der Waals surface area contributed by atoms with Gasteiger partial charge in [0.15, 0.2) is 12.2 Å². The Morgan fingerprint density at radius 1 is 0.352 bits per heavy atom. The molecule has 19 heteroatoms. The van der Waals surface area contributed by atoms with Crippen LogP contribution in [0.5, 0.6) is 0 Å². The Kier molecular flexibility index (Phi) is 59.4. The van der Waals surface area contributed by atoms with Crippen LogP contribution in [-0.2, 0) is 65.4 Å². The summed E-state index contributed by atoms with van der Waals surface area (Å²) in [5.41, 5.74) is 0. The molecule has 0 aromatic rings. The van der Waals surface area contributed by atoms with Crippen LogP contribution in [-0.4, -0.2) is 96.7 Å². The summed E-state index contributed by atoms with van der Waals surface area (Å²) >= 11 is 0. The molecule has 88 heavy (non-hydrogen) atoms. The molecule has 0 aromatic carbocycles. The van der Waals surface area contributed by atoms with Gasteiger partial charge in [-0.15, -0.1) is 0 Å². The van der Waals surface area contributed by atoms with E-state index in [1.165, 1.54) is 89.9 Å². The molecule has 0 aliphatic carbocycles.